The van der Waals surface area contributed by atoms with Crippen LogP contribution in [-0.4, -0.2) is 22.5 Å². The van der Waals surface area contributed by atoms with Gasteiger partial charge in [-0.25, -0.2) is 9.97 Å². The Balaban J connectivity index is 1.54. The molecule has 0 radical (unpaired) electrons. The van der Waals surface area contributed by atoms with Crippen LogP contribution in [0.2, 0.25) is 0 Å². The second-order valence-corrected chi connectivity index (χ2v) is 8.08. The number of aromatic nitrogens is 2. The molecule has 146 valence electrons. The van der Waals surface area contributed by atoms with Crippen LogP contribution in [0.3, 0.4) is 0 Å². The van der Waals surface area contributed by atoms with Crippen molar-refractivity contribution < 1.29 is 9.53 Å². The fourth-order valence-corrected chi connectivity index (χ4v) is 4.55. The van der Waals surface area contributed by atoms with Crippen molar-refractivity contribution in [1.82, 2.24) is 9.97 Å². The summed E-state index contributed by atoms with van der Waals surface area (Å²) in [5.41, 5.74) is 3.40. The van der Waals surface area contributed by atoms with E-state index in [1.54, 1.807) is 0 Å². The lowest BCUT2D eigenvalue weighted by Gasteiger charge is -2.07. The number of carbonyl (C=O) groups is 1. The molecule has 0 saturated carbocycles. The van der Waals surface area contributed by atoms with Crippen molar-refractivity contribution in [3.63, 3.8) is 0 Å². The first-order valence-corrected chi connectivity index (χ1v) is 10.9. The van der Waals surface area contributed by atoms with E-state index >= 15 is 0 Å². The molecule has 4 rings (SSSR count). The molecule has 2 aromatic heterocycles. The Hall–Kier alpha value is -3.03. The predicted octanol–water partition coefficient (Wildman–Crippen LogP) is 5.89. The Morgan fingerprint density at radius 3 is 2.62 bits per heavy atom. The number of anilines is 1. The van der Waals surface area contributed by atoms with Gasteiger partial charge in [0.25, 0.3) is 5.91 Å². The zero-order valence-corrected chi connectivity index (χ0v) is 17.6. The minimum atomic E-state index is -0.193. The van der Waals surface area contributed by atoms with E-state index in [2.05, 4.69) is 15.3 Å². The number of rotatable bonds is 6. The zero-order valence-electron chi connectivity index (χ0n) is 16.0. The van der Waals surface area contributed by atoms with Crippen molar-refractivity contribution in [3.05, 3.63) is 70.5 Å². The van der Waals surface area contributed by atoms with E-state index in [1.807, 2.05) is 73.8 Å². The lowest BCUT2D eigenvalue weighted by molar-refractivity contribution is 0.103. The normalized spacial score (nSPS) is 10.7. The minimum Gasteiger partial charge on any atom is -0.493 e. The third kappa shape index (κ3) is 4.21. The number of thiazole rings is 2. The first-order valence-electron chi connectivity index (χ1n) is 9.17. The molecular weight excluding hydrogens is 402 g/mol. The maximum atomic E-state index is 12.8. The Kier molecular flexibility index (Phi) is 5.69. The molecule has 2 aromatic carbocycles. The SMILES string of the molecule is CCOc1ccccc1-c1csc(NC(=O)c2sc(-c3ccccc3)nc2C)n1. The van der Waals surface area contributed by atoms with Gasteiger partial charge in [0.2, 0.25) is 0 Å². The molecule has 4 aromatic rings. The van der Waals surface area contributed by atoms with Gasteiger partial charge in [-0.2, -0.15) is 0 Å². The van der Waals surface area contributed by atoms with Gasteiger partial charge in [-0.05, 0) is 26.0 Å². The van der Waals surface area contributed by atoms with Crippen molar-refractivity contribution in [2.45, 2.75) is 13.8 Å². The first kappa shape index (κ1) is 19.3. The smallest absolute Gasteiger partial charge is 0.269 e. The number of hydrogen-bond acceptors (Lipinski definition) is 6. The van der Waals surface area contributed by atoms with Gasteiger partial charge in [0.1, 0.15) is 15.6 Å². The molecule has 5 nitrogen and oxygen atoms in total. The summed E-state index contributed by atoms with van der Waals surface area (Å²) in [6, 6.07) is 17.6. The summed E-state index contributed by atoms with van der Waals surface area (Å²) in [5.74, 6) is 0.588. The average molecular weight is 422 g/mol. The van der Waals surface area contributed by atoms with Gasteiger partial charge in [-0.3, -0.25) is 10.1 Å². The van der Waals surface area contributed by atoms with Crippen molar-refractivity contribution in [2.75, 3.05) is 11.9 Å². The number of carbonyl (C=O) groups excluding carboxylic acids is 1. The molecule has 0 aliphatic rings. The molecule has 1 N–H and O–H groups in total. The van der Waals surface area contributed by atoms with Crippen LogP contribution in [0.4, 0.5) is 5.13 Å². The number of aryl methyl sites for hydroxylation is 1. The largest absolute Gasteiger partial charge is 0.493 e. The molecule has 0 saturated heterocycles. The van der Waals surface area contributed by atoms with Crippen LogP contribution in [0.5, 0.6) is 5.75 Å². The highest BCUT2D eigenvalue weighted by atomic mass is 32.1. The summed E-state index contributed by atoms with van der Waals surface area (Å²) in [6.45, 7) is 4.38. The molecule has 2 heterocycles. The van der Waals surface area contributed by atoms with Crippen molar-refractivity contribution in [2.24, 2.45) is 0 Å². The van der Waals surface area contributed by atoms with Crippen LogP contribution in [0.15, 0.2) is 60.0 Å². The lowest BCUT2D eigenvalue weighted by Crippen LogP contribution is -2.11. The van der Waals surface area contributed by atoms with E-state index in [0.29, 0.717) is 22.3 Å². The summed E-state index contributed by atoms with van der Waals surface area (Å²) >= 11 is 2.77. The lowest BCUT2D eigenvalue weighted by atomic mass is 10.1. The molecule has 0 spiro atoms. The topological polar surface area (TPSA) is 64.1 Å². The molecule has 1 amide bonds. The highest BCUT2D eigenvalue weighted by molar-refractivity contribution is 7.17. The highest BCUT2D eigenvalue weighted by Crippen LogP contribution is 2.33. The van der Waals surface area contributed by atoms with Gasteiger partial charge >= 0.3 is 0 Å². The van der Waals surface area contributed by atoms with E-state index in [9.17, 15) is 4.79 Å². The van der Waals surface area contributed by atoms with Gasteiger partial charge in [0.05, 0.1) is 18.0 Å². The predicted molar refractivity (Wildman–Crippen MR) is 119 cm³/mol. The van der Waals surface area contributed by atoms with Crippen LogP contribution >= 0.6 is 22.7 Å². The Labute approximate surface area is 177 Å². The van der Waals surface area contributed by atoms with E-state index < -0.39 is 0 Å². The minimum absolute atomic E-state index is 0.193. The molecule has 0 atom stereocenters. The van der Waals surface area contributed by atoms with Gasteiger partial charge in [-0.15, -0.1) is 22.7 Å². The van der Waals surface area contributed by atoms with Crippen molar-refractivity contribution in [3.8, 4) is 27.6 Å². The fourth-order valence-electron chi connectivity index (χ4n) is 2.88. The quantitative estimate of drug-likeness (QED) is 0.421. The third-order valence-corrected chi connectivity index (χ3v) is 6.17. The molecule has 0 aliphatic heterocycles. The molecule has 7 heteroatoms. The van der Waals surface area contributed by atoms with Crippen LogP contribution in [0, 0.1) is 6.92 Å². The number of ether oxygens (including phenoxy) is 1. The number of hydrogen-bond donors (Lipinski definition) is 1. The summed E-state index contributed by atoms with van der Waals surface area (Å²) in [6.07, 6.45) is 0. The maximum Gasteiger partial charge on any atom is 0.269 e. The molecule has 0 aliphatic carbocycles. The average Bonchev–Trinajstić information content (AvgIpc) is 3.36. The van der Waals surface area contributed by atoms with E-state index in [0.717, 1.165) is 27.6 Å². The van der Waals surface area contributed by atoms with Crippen molar-refractivity contribution >= 4 is 33.7 Å². The van der Waals surface area contributed by atoms with Gasteiger partial charge in [0, 0.05) is 16.5 Å². The summed E-state index contributed by atoms with van der Waals surface area (Å²) in [5, 5.41) is 6.20. The second kappa shape index (κ2) is 8.55. The van der Waals surface area contributed by atoms with Crippen LogP contribution in [0.1, 0.15) is 22.3 Å². The molecule has 0 unspecified atom stereocenters. The molecule has 29 heavy (non-hydrogen) atoms. The fraction of sp³-hybridized carbons (Fsp3) is 0.136. The zero-order chi connectivity index (χ0) is 20.2. The summed E-state index contributed by atoms with van der Waals surface area (Å²) < 4.78 is 5.68. The van der Waals surface area contributed by atoms with Gasteiger partial charge in [0.15, 0.2) is 5.13 Å². The van der Waals surface area contributed by atoms with Crippen molar-refractivity contribution in [1.29, 1.82) is 0 Å². The van der Waals surface area contributed by atoms with Crippen LogP contribution < -0.4 is 10.1 Å². The van der Waals surface area contributed by atoms with E-state index in [1.165, 1.54) is 22.7 Å². The van der Waals surface area contributed by atoms with Gasteiger partial charge in [-0.1, -0.05) is 42.5 Å². The monoisotopic (exact) mass is 421 g/mol. The van der Waals surface area contributed by atoms with E-state index in [-0.39, 0.29) is 5.91 Å². The first-order chi connectivity index (χ1) is 14.2. The van der Waals surface area contributed by atoms with Crippen LogP contribution in [0.25, 0.3) is 21.8 Å². The number of benzene rings is 2. The van der Waals surface area contributed by atoms with E-state index in [4.69, 9.17) is 4.74 Å². The second-order valence-electron chi connectivity index (χ2n) is 6.22. The Bertz CT molecular complexity index is 1140. The standard InChI is InChI=1S/C22H19N3O2S2/c1-3-27-18-12-8-7-11-16(18)17-13-28-22(24-17)25-20(26)19-14(2)23-21(29-19)15-9-5-4-6-10-15/h4-13H,3H2,1-2H3,(H,24,25,26). The Morgan fingerprint density at radius 1 is 1.07 bits per heavy atom. The van der Waals surface area contributed by atoms with Gasteiger partial charge < -0.3 is 4.74 Å². The number of para-hydroxylation sites is 1. The maximum absolute atomic E-state index is 12.8. The third-order valence-electron chi connectivity index (χ3n) is 4.21. The number of amides is 1. The molecule has 0 fully saturated rings. The summed E-state index contributed by atoms with van der Waals surface area (Å²) in [7, 11) is 0. The number of nitrogens with one attached hydrogen (secondary N) is 1. The number of nitrogens with zero attached hydrogens (tertiary/aromatic N) is 2. The van der Waals surface area contributed by atoms with Crippen LogP contribution in [-0.2, 0) is 0 Å². The molecular formula is C22H19N3O2S2. The summed E-state index contributed by atoms with van der Waals surface area (Å²) in [4.78, 5) is 22.5. The highest BCUT2D eigenvalue weighted by Gasteiger charge is 2.18. The Morgan fingerprint density at radius 2 is 1.83 bits per heavy atom. The molecule has 0 bridgehead atoms.